The van der Waals surface area contributed by atoms with Crippen molar-refractivity contribution >= 4 is 17.1 Å². The first-order valence-corrected chi connectivity index (χ1v) is 6.66. The molecule has 2 heteroatoms. The molecule has 0 N–H and O–H groups in total. The van der Waals surface area contributed by atoms with Crippen LogP contribution in [0.25, 0.3) is 0 Å². The molecule has 1 aromatic heterocycles. The lowest BCUT2D eigenvalue weighted by Crippen LogP contribution is -2.06. The number of hydrogen-bond acceptors (Lipinski definition) is 2. The Morgan fingerprint density at radius 2 is 2.20 bits per heavy atom. The van der Waals surface area contributed by atoms with Crippen LogP contribution in [-0.2, 0) is 0 Å². The van der Waals surface area contributed by atoms with Crippen molar-refractivity contribution in [2.75, 3.05) is 0 Å². The lowest BCUT2D eigenvalue weighted by Gasteiger charge is -2.19. The number of Topliss-reactive ketones (excluding diaryl/α,β-unsaturated/α-hetero) is 1. The van der Waals surface area contributed by atoms with E-state index in [1.165, 1.54) is 30.6 Å². The van der Waals surface area contributed by atoms with Crippen LogP contribution in [-0.4, -0.2) is 5.78 Å². The van der Waals surface area contributed by atoms with Gasteiger partial charge in [-0.3, -0.25) is 4.79 Å². The lowest BCUT2D eigenvalue weighted by molar-refractivity contribution is 0.102. The Balaban J connectivity index is 1.84. The molecule has 3 rings (SSSR count). The largest absolute Gasteiger partial charge is 0.294 e. The molecule has 2 fully saturated rings. The smallest absolute Gasteiger partial charge is 0.169 e. The zero-order valence-corrected chi connectivity index (χ0v) is 9.85. The van der Waals surface area contributed by atoms with Crippen LogP contribution in [0, 0.1) is 11.8 Å². The number of ketones is 1. The van der Waals surface area contributed by atoms with Crippen LogP contribution in [0.15, 0.2) is 12.1 Å². The Kier molecular flexibility index (Phi) is 2.20. The van der Waals surface area contributed by atoms with Crippen LogP contribution in [0.5, 0.6) is 0 Å². The fourth-order valence-corrected chi connectivity index (χ4v) is 4.44. The first kappa shape index (κ1) is 9.59. The Bertz CT molecular complexity index is 393. The van der Waals surface area contributed by atoms with Gasteiger partial charge in [-0.1, -0.05) is 6.42 Å². The van der Waals surface area contributed by atoms with Gasteiger partial charge in [0.25, 0.3) is 0 Å². The standard InChI is InChI=1S/C13H16OS/c1-8(14)12-4-5-13(15-12)11-7-9-2-3-10(11)6-9/h4-5,9-11H,2-3,6-7H2,1H3/t9-,10+,11+/m0/s1. The first-order valence-electron chi connectivity index (χ1n) is 5.84. The highest BCUT2D eigenvalue weighted by atomic mass is 32.1. The molecule has 0 aromatic carbocycles. The highest BCUT2D eigenvalue weighted by Crippen LogP contribution is 2.53. The van der Waals surface area contributed by atoms with Crippen molar-refractivity contribution in [1.82, 2.24) is 0 Å². The van der Waals surface area contributed by atoms with Crippen molar-refractivity contribution < 1.29 is 4.79 Å². The second kappa shape index (κ2) is 3.44. The van der Waals surface area contributed by atoms with Crippen LogP contribution in [0.4, 0.5) is 0 Å². The van der Waals surface area contributed by atoms with E-state index in [1.54, 1.807) is 18.3 Å². The molecule has 0 spiro atoms. The molecule has 1 heterocycles. The summed E-state index contributed by atoms with van der Waals surface area (Å²) in [7, 11) is 0. The lowest BCUT2D eigenvalue weighted by atomic mass is 9.88. The monoisotopic (exact) mass is 220 g/mol. The van der Waals surface area contributed by atoms with Gasteiger partial charge in [0.1, 0.15) is 0 Å². The molecular formula is C13H16OS. The van der Waals surface area contributed by atoms with Crippen LogP contribution >= 0.6 is 11.3 Å². The molecule has 0 aliphatic heterocycles. The zero-order chi connectivity index (χ0) is 10.4. The summed E-state index contributed by atoms with van der Waals surface area (Å²) in [6.45, 7) is 1.66. The van der Waals surface area contributed by atoms with E-state index in [-0.39, 0.29) is 5.78 Å². The normalized spacial score (nSPS) is 33.5. The molecule has 2 saturated carbocycles. The minimum atomic E-state index is 0.217. The number of carbonyl (C=O) groups excluding carboxylic acids is 1. The average Bonchev–Trinajstić information content (AvgIpc) is 2.93. The van der Waals surface area contributed by atoms with Crippen molar-refractivity contribution in [3.8, 4) is 0 Å². The summed E-state index contributed by atoms with van der Waals surface area (Å²) in [5.74, 6) is 2.91. The van der Waals surface area contributed by atoms with Crippen LogP contribution in [0.2, 0.25) is 0 Å². The summed E-state index contributed by atoms with van der Waals surface area (Å²) in [6.07, 6.45) is 5.69. The van der Waals surface area contributed by atoms with Crippen molar-refractivity contribution in [3.05, 3.63) is 21.9 Å². The quantitative estimate of drug-likeness (QED) is 0.692. The van der Waals surface area contributed by atoms with E-state index in [4.69, 9.17) is 0 Å². The summed E-state index contributed by atoms with van der Waals surface area (Å²) >= 11 is 1.73. The van der Waals surface area contributed by atoms with Crippen LogP contribution in [0.3, 0.4) is 0 Å². The van der Waals surface area contributed by atoms with E-state index in [9.17, 15) is 4.79 Å². The highest BCUT2D eigenvalue weighted by molar-refractivity contribution is 7.14. The molecular weight excluding hydrogens is 204 g/mol. The maximum absolute atomic E-state index is 11.2. The maximum atomic E-state index is 11.2. The second-order valence-corrected chi connectivity index (χ2v) is 6.15. The predicted molar refractivity (Wildman–Crippen MR) is 62.5 cm³/mol. The fourth-order valence-electron chi connectivity index (χ4n) is 3.33. The molecule has 15 heavy (non-hydrogen) atoms. The number of hydrogen-bond donors (Lipinski definition) is 0. The van der Waals surface area contributed by atoms with E-state index in [2.05, 4.69) is 6.07 Å². The molecule has 0 saturated heterocycles. The van der Waals surface area contributed by atoms with E-state index in [0.717, 1.165) is 22.6 Å². The van der Waals surface area contributed by atoms with E-state index in [1.807, 2.05) is 6.07 Å². The number of rotatable bonds is 2. The first-order chi connectivity index (χ1) is 7.24. The molecule has 80 valence electrons. The SMILES string of the molecule is CC(=O)c1ccc([C@@H]2C[C@H]3CC[C@@H]2C3)s1. The van der Waals surface area contributed by atoms with Gasteiger partial charge in [0.05, 0.1) is 4.88 Å². The summed E-state index contributed by atoms with van der Waals surface area (Å²) in [5, 5.41) is 0. The predicted octanol–water partition coefficient (Wildman–Crippen LogP) is 3.85. The van der Waals surface area contributed by atoms with Crippen molar-refractivity contribution in [2.45, 2.75) is 38.5 Å². The third-order valence-corrected chi connectivity index (χ3v) is 5.40. The summed E-state index contributed by atoms with van der Waals surface area (Å²) in [4.78, 5) is 13.6. The summed E-state index contributed by atoms with van der Waals surface area (Å²) in [6, 6.07) is 4.20. The minimum Gasteiger partial charge on any atom is -0.294 e. The van der Waals surface area contributed by atoms with Crippen molar-refractivity contribution in [1.29, 1.82) is 0 Å². The van der Waals surface area contributed by atoms with Crippen molar-refractivity contribution in [2.24, 2.45) is 11.8 Å². The Morgan fingerprint density at radius 3 is 2.73 bits per heavy atom. The van der Waals surface area contributed by atoms with Crippen LogP contribution in [0.1, 0.15) is 53.1 Å². The van der Waals surface area contributed by atoms with Gasteiger partial charge in [0, 0.05) is 4.88 Å². The maximum Gasteiger partial charge on any atom is 0.169 e. The van der Waals surface area contributed by atoms with E-state index < -0.39 is 0 Å². The Labute approximate surface area is 94.5 Å². The third-order valence-electron chi connectivity index (χ3n) is 4.08. The van der Waals surface area contributed by atoms with Gasteiger partial charge in [-0.05, 0) is 56.1 Å². The van der Waals surface area contributed by atoms with Gasteiger partial charge in [0.15, 0.2) is 5.78 Å². The van der Waals surface area contributed by atoms with Crippen LogP contribution < -0.4 is 0 Å². The molecule has 1 aromatic rings. The fraction of sp³-hybridized carbons (Fsp3) is 0.615. The molecule has 1 nitrogen and oxygen atoms in total. The number of carbonyl (C=O) groups is 1. The summed E-state index contributed by atoms with van der Waals surface area (Å²) in [5.41, 5.74) is 0. The van der Waals surface area contributed by atoms with Gasteiger partial charge in [-0.25, -0.2) is 0 Å². The molecule has 3 atom stereocenters. The number of fused-ring (bicyclic) bond motifs is 2. The average molecular weight is 220 g/mol. The van der Waals surface area contributed by atoms with Crippen molar-refractivity contribution in [3.63, 3.8) is 0 Å². The molecule has 2 aliphatic carbocycles. The molecule has 0 radical (unpaired) electrons. The third kappa shape index (κ3) is 1.55. The van der Waals surface area contributed by atoms with Gasteiger partial charge in [0.2, 0.25) is 0 Å². The highest BCUT2D eigenvalue weighted by Gasteiger charge is 2.40. The molecule has 2 bridgehead atoms. The topological polar surface area (TPSA) is 17.1 Å². The van der Waals surface area contributed by atoms with Gasteiger partial charge >= 0.3 is 0 Å². The Morgan fingerprint density at radius 1 is 1.33 bits per heavy atom. The van der Waals surface area contributed by atoms with Gasteiger partial charge in [-0.2, -0.15) is 0 Å². The summed E-state index contributed by atoms with van der Waals surface area (Å²) < 4.78 is 0. The molecule has 0 unspecified atom stereocenters. The Hall–Kier alpha value is -0.630. The van der Waals surface area contributed by atoms with Gasteiger partial charge < -0.3 is 0 Å². The van der Waals surface area contributed by atoms with E-state index >= 15 is 0 Å². The second-order valence-electron chi connectivity index (χ2n) is 5.04. The number of thiophene rings is 1. The molecule has 0 amide bonds. The zero-order valence-electron chi connectivity index (χ0n) is 9.03. The molecule has 2 aliphatic rings. The minimum absolute atomic E-state index is 0.217. The van der Waals surface area contributed by atoms with E-state index in [0.29, 0.717) is 0 Å². The van der Waals surface area contributed by atoms with Gasteiger partial charge in [-0.15, -0.1) is 11.3 Å².